The number of halogens is 5. The van der Waals surface area contributed by atoms with Gasteiger partial charge >= 0.3 is 0 Å². The summed E-state index contributed by atoms with van der Waals surface area (Å²) in [5, 5.41) is 2.03. The van der Waals surface area contributed by atoms with Gasteiger partial charge in [0.1, 0.15) is 5.82 Å². The van der Waals surface area contributed by atoms with E-state index in [9.17, 15) is 4.39 Å². The van der Waals surface area contributed by atoms with Crippen LogP contribution in [0.3, 0.4) is 0 Å². The number of hydrogen-bond acceptors (Lipinski definition) is 4. The van der Waals surface area contributed by atoms with Gasteiger partial charge in [-0.3, -0.25) is 0 Å². The molecule has 1 aliphatic heterocycles. The number of anilines is 4. The molecule has 3 heterocycles. The monoisotopic (exact) mass is 1240 g/mol. The van der Waals surface area contributed by atoms with Crippen LogP contribution in [0.1, 0.15) is 132 Å². The minimum atomic E-state index is -2.23. The van der Waals surface area contributed by atoms with E-state index in [0.717, 1.165) is 49.9 Å². The molecule has 0 aliphatic carbocycles. The maximum atomic E-state index is 16.7. The number of benzene rings is 7. The Balaban J connectivity index is 0.00000757. The topological polar surface area (TPSA) is 33.5 Å². The Hall–Kier alpha value is -6.77. The number of pyridine rings is 1. The van der Waals surface area contributed by atoms with E-state index in [-0.39, 0.29) is 48.6 Å². The van der Waals surface area contributed by atoms with Gasteiger partial charge in [-0.2, -0.15) is 6.07 Å². The number of hydrogen-bond donors (Lipinski definition) is 0. The molecule has 0 amide bonds. The Morgan fingerprint density at radius 1 is 0.468 bits per heavy atom. The first-order valence-electron chi connectivity index (χ1n) is 26.5. The second-order valence-corrected chi connectivity index (χ2v) is 25.8. The molecule has 0 atom stereocenters. The van der Waals surface area contributed by atoms with E-state index in [0.29, 0.717) is 45.3 Å². The summed E-state index contributed by atoms with van der Waals surface area (Å²) in [6, 6.07) is 44.9. The van der Waals surface area contributed by atoms with Crippen molar-refractivity contribution in [2.45, 2.75) is 131 Å². The summed E-state index contributed by atoms with van der Waals surface area (Å²) in [6.45, 7) is 33.2. The second kappa shape index (κ2) is 20.1. The van der Waals surface area contributed by atoms with Crippen molar-refractivity contribution in [1.29, 1.82) is 0 Å². The van der Waals surface area contributed by atoms with Gasteiger partial charge in [0.15, 0.2) is 23.3 Å². The molecule has 0 spiro atoms. The Morgan fingerprint density at radius 2 is 0.987 bits per heavy atom. The fourth-order valence-electron chi connectivity index (χ4n) is 10.2. The van der Waals surface area contributed by atoms with Gasteiger partial charge in [0.2, 0.25) is 5.82 Å². The van der Waals surface area contributed by atoms with Crippen LogP contribution in [-0.4, -0.2) is 9.55 Å². The molecule has 11 heteroatoms. The van der Waals surface area contributed by atoms with E-state index in [1.54, 1.807) is 17.6 Å². The summed E-state index contributed by atoms with van der Waals surface area (Å²) in [5.74, 6) is -8.53. The molecule has 0 saturated heterocycles. The molecule has 10 rings (SSSR count). The van der Waals surface area contributed by atoms with Gasteiger partial charge in [0.05, 0.1) is 5.56 Å². The first kappa shape index (κ1) is 56.9. The van der Waals surface area contributed by atoms with Gasteiger partial charge in [-0.1, -0.05) is 158 Å². The van der Waals surface area contributed by atoms with Crippen molar-refractivity contribution in [3.05, 3.63) is 197 Å². The molecular weight excluding hydrogens is 1180 g/mol. The van der Waals surface area contributed by atoms with Crippen molar-refractivity contribution < 1.29 is 47.8 Å². The van der Waals surface area contributed by atoms with Crippen LogP contribution in [0.25, 0.3) is 49.9 Å². The van der Waals surface area contributed by atoms with Crippen LogP contribution in [0, 0.1) is 47.9 Å². The Labute approximate surface area is 476 Å². The molecule has 0 bridgehead atoms. The Bertz CT molecular complexity index is 3800. The van der Waals surface area contributed by atoms with Crippen LogP contribution in [-0.2, 0) is 48.1 Å². The molecule has 0 fully saturated rings. The molecule has 7 aromatic carbocycles. The van der Waals surface area contributed by atoms with Gasteiger partial charge < -0.3 is 19.1 Å². The maximum absolute atomic E-state index is 16.7. The summed E-state index contributed by atoms with van der Waals surface area (Å²) in [5.41, 5.74) is 6.72. The number of rotatable bonds is 7. The second-order valence-electron chi connectivity index (χ2n) is 25.8. The standard InChI is InChI=1S/C68H66F5N4O.Pt/c1-64(2,3)40-26-27-74-56(35-40)77-52-21-17-16-20-48(52)49-25-24-46(37-55(49)77)78-47-32-43(67(10,11)12)31-45(36-47)75-38-76(54-23-19-18-22-53(54)75)63-50(39-28-41(65(4,5)6)30-42(29-39)66(7,8)9)33-44(68(13,14)15)34-51(63)57-58(69)60(71)62(73)61(72)59(57)70;/h16-35,38H,1-15H3;/q-3;. The van der Waals surface area contributed by atoms with Crippen molar-refractivity contribution in [2.24, 2.45) is 0 Å². The number of fused-ring (bicyclic) bond motifs is 4. The van der Waals surface area contributed by atoms with E-state index in [1.807, 2.05) is 105 Å². The van der Waals surface area contributed by atoms with Crippen LogP contribution in [0.2, 0.25) is 0 Å². The first-order chi connectivity index (χ1) is 36.4. The molecular formula is C68H66F5N4OPt-3. The van der Waals surface area contributed by atoms with Crippen molar-refractivity contribution in [3.8, 4) is 39.6 Å². The van der Waals surface area contributed by atoms with Crippen LogP contribution >= 0.6 is 0 Å². The zero-order chi connectivity index (χ0) is 56.3. The summed E-state index contributed by atoms with van der Waals surface area (Å²) in [7, 11) is 0. The summed E-state index contributed by atoms with van der Waals surface area (Å²) in [4.78, 5) is 8.57. The molecule has 0 saturated carbocycles. The zero-order valence-corrected chi connectivity index (χ0v) is 49.8. The van der Waals surface area contributed by atoms with Gasteiger partial charge in [0.25, 0.3) is 0 Å². The minimum absolute atomic E-state index is 0. The smallest absolute Gasteiger partial charge is 0.200 e. The SMILES string of the molecule is CC(C)(C)c1cc(Oc2[c-]c3c(cc2)c2ccccc2n3-c2cc(C(C)(C)C)ccn2)[c-]c(N2[CH-]N(c3c(-c4cc(C(C)(C)C)cc(C(C)(C)C)c4)cc(C(C)(C)C)cc3-c3c(F)c(F)c(F)c(F)c3F)c3ccccc32)c1.[Pt]. The summed E-state index contributed by atoms with van der Waals surface area (Å²) >= 11 is 0. The molecule has 412 valence electrons. The zero-order valence-electron chi connectivity index (χ0n) is 47.5. The van der Waals surface area contributed by atoms with Crippen molar-refractivity contribution in [3.63, 3.8) is 0 Å². The van der Waals surface area contributed by atoms with E-state index < -0.39 is 45.5 Å². The van der Waals surface area contributed by atoms with E-state index >= 15 is 17.6 Å². The molecule has 5 nitrogen and oxygen atoms in total. The largest absolute Gasteiger partial charge is 0.509 e. The van der Waals surface area contributed by atoms with Crippen LogP contribution in [0.4, 0.5) is 44.7 Å². The molecule has 2 aromatic heterocycles. The molecule has 1 aliphatic rings. The first-order valence-corrected chi connectivity index (χ1v) is 26.5. The molecule has 0 N–H and O–H groups in total. The van der Waals surface area contributed by atoms with Crippen LogP contribution in [0.15, 0.2) is 121 Å². The van der Waals surface area contributed by atoms with Gasteiger partial charge in [0, 0.05) is 72.5 Å². The predicted molar refractivity (Wildman–Crippen MR) is 308 cm³/mol. The average Bonchev–Trinajstić information content (AvgIpc) is 4.03. The predicted octanol–water partition coefficient (Wildman–Crippen LogP) is 19.5. The van der Waals surface area contributed by atoms with E-state index in [1.165, 1.54) is 0 Å². The van der Waals surface area contributed by atoms with Gasteiger partial charge in [-0.05, 0) is 103 Å². The van der Waals surface area contributed by atoms with Crippen molar-refractivity contribution in [2.75, 3.05) is 9.80 Å². The fourth-order valence-corrected chi connectivity index (χ4v) is 10.2. The Morgan fingerprint density at radius 3 is 1.58 bits per heavy atom. The van der Waals surface area contributed by atoms with E-state index in [2.05, 4.69) is 136 Å². The Kier molecular flexibility index (Phi) is 14.5. The quantitative estimate of drug-likeness (QED) is 0.0689. The third-order valence-corrected chi connectivity index (χ3v) is 14.9. The normalized spacial score (nSPS) is 13.4. The van der Waals surface area contributed by atoms with Crippen LogP contribution in [0.5, 0.6) is 11.5 Å². The van der Waals surface area contributed by atoms with Gasteiger partial charge in [-0.15, -0.1) is 53.6 Å². The molecule has 9 aromatic rings. The van der Waals surface area contributed by atoms with Gasteiger partial charge in [-0.25, -0.2) is 26.9 Å². The number of para-hydroxylation sites is 3. The number of nitrogens with zero attached hydrogens (tertiary/aromatic N) is 4. The van der Waals surface area contributed by atoms with Crippen LogP contribution < -0.4 is 14.5 Å². The van der Waals surface area contributed by atoms with E-state index in [4.69, 9.17) is 9.72 Å². The summed E-state index contributed by atoms with van der Waals surface area (Å²) < 4.78 is 88.7. The number of ether oxygens (including phenoxy) is 1. The van der Waals surface area contributed by atoms with Crippen molar-refractivity contribution in [1.82, 2.24) is 9.55 Å². The fraction of sp³-hybridized carbons (Fsp3) is 0.294. The molecule has 79 heavy (non-hydrogen) atoms. The third kappa shape index (κ3) is 10.5. The average molecular weight is 1250 g/mol. The van der Waals surface area contributed by atoms with Crippen molar-refractivity contribution >= 4 is 44.6 Å². The maximum Gasteiger partial charge on any atom is 0.200 e. The number of aromatic nitrogens is 2. The molecule has 0 unspecified atom stereocenters. The minimum Gasteiger partial charge on any atom is -0.509 e. The third-order valence-electron chi connectivity index (χ3n) is 14.9. The molecule has 0 radical (unpaired) electrons. The summed E-state index contributed by atoms with van der Waals surface area (Å²) in [6.07, 6.45) is 1.84.